The van der Waals surface area contributed by atoms with E-state index in [1.807, 2.05) is 36.4 Å². The Morgan fingerprint density at radius 2 is 1.46 bits per heavy atom. The van der Waals surface area contributed by atoms with Gasteiger partial charge in [0.2, 0.25) is 0 Å². The van der Waals surface area contributed by atoms with Crippen molar-refractivity contribution in [1.82, 2.24) is 5.32 Å². The summed E-state index contributed by atoms with van der Waals surface area (Å²) in [6.45, 7) is 0.631. The fourth-order valence-corrected chi connectivity index (χ4v) is 4.13. The monoisotopic (exact) mass is 474 g/mol. The molecule has 8 heteroatoms. The molecule has 0 bridgehead atoms. The topological polar surface area (TPSA) is 114 Å². The number of rotatable bonds is 10. The molecule has 0 heterocycles. The number of benzene rings is 3. The van der Waals surface area contributed by atoms with Crippen LogP contribution in [0.4, 0.5) is 10.5 Å². The highest BCUT2D eigenvalue weighted by Crippen LogP contribution is 2.44. The van der Waals surface area contributed by atoms with E-state index in [4.69, 9.17) is 14.6 Å². The number of amides is 2. The Hall–Kier alpha value is -4.17. The van der Waals surface area contributed by atoms with Gasteiger partial charge >= 0.3 is 12.1 Å². The third-order valence-corrected chi connectivity index (χ3v) is 5.74. The molecule has 180 valence electrons. The molecular formula is C27H26N2O6. The molecule has 1 aliphatic carbocycles. The summed E-state index contributed by atoms with van der Waals surface area (Å²) in [5, 5.41) is 14.0. The molecule has 4 rings (SSSR count). The summed E-state index contributed by atoms with van der Waals surface area (Å²) in [5.41, 5.74) is 5.14. The number of carbonyl (C=O) groups is 3. The van der Waals surface area contributed by atoms with Crippen LogP contribution in [-0.2, 0) is 14.3 Å². The van der Waals surface area contributed by atoms with E-state index in [0.717, 1.165) is 22.3 Å². The van der Waals surface area contributed by atoms with Crippen molar-refractivity contribution >= 4 is 23.7 Å². The standard InChI is InChI=1S/C27H26N2O6/c30-25(31)13-15-34-16-14-28-26(32)22-11-5-6-12-24(22)29-27(33)35-17-23-20-9-3-1-7-18(20)19-8-2-4-10-21(19)23/h1-12,23H,13-17H2,(H,28,32)(H,29,33)(H,30,31). The van der Waals surface area contributed by atoms with Gasteiger partial charge in [0, 0.05) is 12.5 Å². The molecule has 8 nitrogen and oxygen atoms in total. The second-order valence-corrected chi connectivity index (χ2v) is 8.01. The molecule has 1 aliphatic rings. The van der Waals surface area contributed by atoms with Crippen molar-refractivity contribution in [2.75, 3.05) is 31.7 Å². The minimum absolute atomic E-state index is 0.0622. The van der Waals surface area contributed by atoms with Crippen molar-refractivity contribution < 1.29 is 29.0 Å². The Morgan fingerprint density at radius 3 is 2.14 bits per heavy atom. The molecule has 0 saturated carbocycles. The Morgan fingerprint density at radius 1 is 0.829 bits per heavy atom. The maximum atomic E-state index is 12.6. The van der Waals surface area contributed by atoms with Crippen LogP contribution in [0.2, 0.25) is 0 Å². The lowest BCUT2D eigenvalue weighted by atomic mass is 9.98. The van der Waals surface area contributed by atoms with Crippen LogP contribution in [0.15, 0.2) is 72.8 Å². The van der Waals surface area contributed by atoms with Gasteiger partial charge in [-0.1, -0.05) is 60.7 Å². The van der Waals surface area contributed by atoms with Gasteiger partial charge in [0.05, 0.1) is 30.9 Å². The molecule has 0 unspecified atom stereocenters. The zero-order chi connectivity index (χ0) is 24.6. The molecule has 35 heavy (non-hydrogen) atoms. The lowest BCUT2D eigenvalue weighted by molar-refractivity contribution is -0.138. The second-order valence-electron chi connectivity index (χ2n) is 8.01. The van der Waals surface area contributed by atoms with Crippen LogP contribution in [0, 0.1) is 0 Å². The quantitative estimate of drug-likeness (QED) is 0.378. The van der Waals surface area contributed by atoms with Crippen LogP contribution < -0.4 is 10.6 Å². The molecule has 0 atom stereocenters. The summed E-state index contributed by atoms with van der Waals surface area (Å²) in [5.74, 6) is -1.39. The number of ether oxygens (including phenoxy) is 2. The van der Waals surface area contributed by atoms with E-state index in [0.29, 0.717) is 5.69 Å². The number of nitrogens with one attached hydrogen (secondary N) is 2. The summed E-state index contributed by atoms with van der Waals surface area (Å²) in [6, 6.07) is 22.8. The molecule has 3 aromatic rings. The number of para-hydroxylation sites is 1. The van der Waals surface area contributed by atoms with Crippen LogP contribution in [-0.4, -0.2) is 49.4 Å². The zero-order valence-corrected chi connectivity index (χ0v) is 19.0. The summed E-state index contributed by atoms with van der Waals surface area (Å²) in [4.78, 5) is 35.7. The molecule has 0 aromatic heterocycles. The van der Waals surface area contributed by atoms with E-state index >= 15 is 0 Å². The predicted octanol–water partition coefficient (Wildman–Crippen LogP) is 4.27. The van der Waals surface area contributed by atoms with E-state index in [-0.39, 0.29) is 50.2 Å². The van der Waals surface area contributed by atoms with E-state index < -0.39 is 12.1 Å². The summed E-state index contributed by atoms with van der Waals surface area (Å²) < 4.78 is 10.7. The van der Waals surface area contributed by atoms with Crippen molar-refractivity contribution in [2.45, 2.75) is 12.3 Å². The molecular weight excluding hydrogens is 448 g/mol. The fraction of sp³-hybridized carbons (Fsp3) is 0.222. The highest BCUT2D eigenvalue weighted by molar-refractivity contribution is 6.02. The van der Waals surface area contributed by atoms with Gasteiger partial charge in [-0.15, -0.1) is 0 Å². The molecule has 0 fully saturated rings. The molecule has 0 spiro atoms. The van der Waals surface area contributed by atoms with Gasteiger partial charge in [0.25, 0.3) is 5.91 Å². The average molecular weight is 475 g/mol. The third kappa shape index (κ3) is 5.85. The molecule has 3 aromatic carbocycles. The Labute approximate surface area is 202 Å². The van der Waals surface area contributed by atoms with Gasteiger partial charge in [-0.05, 0) is 34.4 Å². The minimum atomic E-state index is -0.942. The number of hydrogen-bond donors (Lipinski definition) is 3. The van der Waals surface area contributed by atoms with Gasteiger partial charge < -0.3 is 19.9 Å². The summed E-state index contributed by atoms with van der Waals surface area (Å²) in [6.07, 6.45) is -0.745. The molecule has 0 aliphatic heterocycles. The highest BCUT2D eigenvalue weighted by Gasteiger charge is 2.29. The van der Waals surface area contributed by atoms with Gasteiger partial charge in [-0.2, -0.15) is 0 Å². The van der Waals surface area contributed by atoms with Gasteiger partial charge in [0.1, 0.15) is 6.61 Å². The first-order valence-electron chi connectivity index (χ1n) is 11.3. The number of anilines is 1. The van der Waals surface area contributed by atoms with Crippen LogP contribution in [0.25, 0.3) is 11.1 Å². The number of aliphatic carboxylic acids is 1. The van der Waals surface area contributed by atoms with E-state index in [1.165, 1.54) is 0 Å². The largest absolute Gasteiger partial charge is 0.481 e. The summed E-state index contributed by atoms with van der Waals surface area (Å²) in [7, 11) is 0. The van der Waals surface area contributed by atoms with Crippen LogP contribution in [0.3, 0.4) is 0 Å². The second kappa shape index (κ2) is 11.3. The highest BCUT2D eigenvalue weighted by atomic mass is 16.5. The lowest BCUT2D eigenvalue weighted by Gasteiger charge is -2.15. The normalized spacial score (nSPS) is 11.9. The minimum Gasteiger partial charge on any atom is -0.481 e. The first-order valence-corrected chi connectivity index (χ1v) is 11.3. The Kier molecular flexibility index (Phi) is 7.74. The number of fused-ring (bicyclic) bond motifs is 3. The first kappa shape index (κ1) is 24.0. The van der Waals surface area contributed by atoms with Crippen molar-refractivity contribution in [3.8, 4) is 11.1 Å². The fourth-order valence-electron chi connectivity index (χ4n) is 4.13. The maximum Gasteiger partial charge on any atom is 0.411 e. The van der Waals surface area contributed by atoms with Crippen LogP contribution in [0.5, 0.6) is 0 Å². The van der Waals surface area contributed by atoms with Gasteiger partial charge in [0.15, 0.2) is 0 Å². The number of carboxylic acids is 1. The van der Waals surface area contributed by atoms with Crippen molar-refractivity contribution in [3.05, 3.63) is 89.5 Å². The molecule has 0 saturated heterocycles. The Balaban J connectivity index is 1.33. The molecule has 0 radical (unpaired) electrons. The molecule has 2 amide bonds. The van der Waals surface area contributed by atoms with E-state index in [2.05, 4.69) is 22.8 Å². The number of carboxylic acid groups (broad SMARTS) is 1. The van der Waals surface area contributed by atoms with Crippen molar-refractivity contribution in [3.63, 3.8) is 0 Å². The lowest BCUT2D eigenvalue weighted by Crippen LogP contribution is -2.29. The maximum absolute atomic E-state index is 12.6. The summed E-state index contributed by atoms with van der Waals surface area (Å²) >= 11 is 0. The van der Waals surface area contributed by atoms with E-state index in [1.54, 1.807) is 24.3 Å². The van der Waals surface area contributed by atoms with Gasteiger partial charge in [-0.3, -0.25) is 14.9 Å². The SMILES string of the molecule is O=C(O)CCOCCNC(=O)c1ccccc1NC(=O)OCC1c2ccccc2-c2ccccc21. The van der Waals surface area contributed by atoms with Crippen molar-refractivity contribution in [1.29, 1.82) is 0 Å². The van der Waals surface area contributed by atoms with Crippen LogP contribution in [0.1, 0.15) is 33.8 Å². The third-order valence-electron chi connectivity index (χ3n) is 5.74. The van der Waals surface area contributed by atoms with Crippen LogP contribution >= 0.6 is 0 Å². The first-order chi connectivity index (χ1) is 17.0. The average Bonchev–Trinajstić information content (AvgIpc) is 3.18. The van der Waals surface area contributed by atoms with Gasteiger partial charge in [-0.25, -0.2) is 4.79 Å². The van der Waals surface area contributed by atoms with E-state index in [9.17, 15) is 14.4 Å². The van der Waals surface area contributed by atoms with Crippen molar-refractivity contribution in [2.24, 2.45) is 0 Å². The number of hydrogen-bond acceptors (Lipinski definition) is 5. The smallest absolute Gasteiger partial charge is 0.411 e. The number of carbonyl (C=O) groups excluding carboxylic acids is 2. The molecule has 3 N–H and O–H groups in total. The zero-order valence-electron chi connectivity index (χ0n) is 19.0. The Bertz CT molecular complexity index is 1180. The predicted molar refractivity (Wildman–Crippen MR) is 131 cm³/mol.